The summed E-state index contributed by atoms with van der Waals surface area (Å²) in [5, 5.41) is 11.1. The molecule has 7 nitrogen and oxygen atoms in total. The first-order chi connectivity index (χ1) is 15.5. The van der Waals surface area contributed by atoms with Crippen molar-refractivity contribution in [3.05, 3.63) is 94.1 Å². The van der Waals surface area contributed by atoms with Crippen LogP contribution in [-0.4, -0.2) is 27.3 Å². The first-order valence-corrected chi connectivity index (χ1v) is 10.2. The molecule has 0 aliphatic carbocycles. The number of carbonyl (C=O) groups is 1. The minimum atomic E-state index is -0.519. The van der Waals surface area contributed by atoms with E-state index in [1.165, 1.54) is 30.3 Å². The molecule has 32 heavy (non-hydrogen) atoms. The van der Waals surface area contributed by atoms with Crippen LogP contribution in [0.5, 0.6) is 0 Å². The number of non-ortho nitro benzene ring substituents is 1. The van der Waals surface area contributed by atoms with E-state index in [4.69, 9.17) is 4.42 Å². The average molecular weight is 431 g/mol. The number of nitro groups is 1. The lowest BCUT2D eigenvalue weighted by Crippen LogP contribution is -2.30. The van der Waals surface area contributed by atoms with Gasteiger partial charge in [0.15, 0.2) is 5.58 Å². The van der Waals surface area contributed by atoms with Crippen LogP contribution in [0.3, 0.4) is 0 Å². The first-order valence-electron chi connectivity index (χ1n) is 10.2. The largest absolute Gasteiger partial charge is 0.438 e. The average Bonchev–Trinajstić information content (AvgIpc) is 3.45. The first kappa shape index (κ1) is 19.9. The Hall–Kier alpha value is -4.07. The second-order valence-corrected chi connectivity index (χ2v) is 7.71. The van der Waals surface area contributed by atoms with E-state index in [0.29, 0.717) is 30.0 Å². The van der Waals surface area contributed by atoms with Crippen molar-refractivity contribution in [1.29, 1.82) is 0 Å². The Morgan fingerprint density at radius 2 is 1.91 bits per heavy atom. The van der Waals surface area contributed by atoms with E-state index in [9.17, 15) is 19.3 Å². The zero-order valence-electron chi connectivity index (χ0n) is 16.9. The van der Waals surface area contributed by atoms with Crippen LogP contribution in [0, 0.1) is 15.9 Å². The number of hydrogen-bond acceptors (Lipinski definition) is 5. The van der Waals surface area contributed by atoms with Crippen molar-refractivity contribution in [3.8, 4) is 11.1 Å². The van der Waals surface area contributed by atoms with Gasteiger partial charge in [0.05, 0.1) is 4.92 Å². The molecule has 0 N–H and O–H groups in total. The predicted molar refractivity (Wildman–Crippen MR) is 116 cm³/mol. The molecule has 160 valence electrons. The van der Waals surface area contributed by atoms with Crippen LogP contribution in [0.25, 0.3) is 22.2 Å². The Bertz CT molecular complexity index is 1350. The van der Waals surface area contributed by atoms with E-state index in [0.717, 1.165) is 17.5 Å². The van der Waals surface area contributed by atoms with Crippen molar-refractivity contribution < 1.29 is 18.5 Å². The summed E-state index contributed by atoms with van der Waals surface area (Å²) in [6.45, 7) is 0.513. The lowest BCUT2D eigenvalue weighted by Gasteiger charge is -2.22. The molecule has 1 saturated heterocycles. The molecule has 0 spiro atoms. The third-order valence-corrected chi connectivity index (χ3v) is 5.66. The third kappa shape index (κ3) is 3.60. The fraction of sp³-hybridized carbons (Fsp3) is 0.167. The van der Waals surface area contributed by atoms with Crippen molar-refractivity contribution >= 4 is 22.7 Å². The van der Waals surface area contributed by atoms with Crippen LogP contribution in [0.4, 0.5) is 10.1 Å². The van der Waals surface area contributed by atoms with Gasteiger partial charge in [-0.3, -0.25) is 14.9 Å². The predicted octanol–water partition coefficient (Wildman–Crippen LogP) is 5.52. The molecule has 3 aromatic carbocycles. The molecular formula is C24H18FN3O4. The molecule has 0 saturated carbocycles. The van der Waals surface area contributed by atoms with Crippen molar-refractivity contribution in [3.63, 3.8) is 0 Å². The van der Waals surface area contributed by atoms with Gasteiger partial charge in [0.2, 0.25) is 5.89 Å². The van der Waals surface area contributed by atoms with Gasteiger partial charge in [-0.2, -0.15) is 0 Å². The molecule has 0 unspecified atom stereocenters. The van der Waals surface area contributed by atoms with E-state index in [1.54, 1.807) is 23.1 Å². The highest BCUT2D eigenvalue weighted by Crippen LogP contribution is 2.35. The summed E-state index contributed by atoms with van der Waals surface area (Å²) < 4.78 is 19.6. The second-order valence-electron chi connectivity index (χ2n) is 7.71. The van der Waals surface area contributed by atoms with Crippen LogP contribution in [0.15, 0.2) is 71.1 Å². The summed E-state index contributed by atoms with van der Waals surface area (Å²) >= 11 is 0. The van der Waals surface area contributed by atoms with E-state index in [2.05, 4.69) is 4.98 Å². The molecule has 4 aromatic rings. The summed E-state index contributed by atoms with van der Waals surface area (Å²) in [6.07, 6.45) is 1.46. The van der Waals surface area contributed by atoms with Gasteiger partial charge in [0.1, 0.15) is 17.4 Å². The molecule has 1 aromatic heterocycles. The number of benzene rings is 3. The Labute approximate surface area is 182 Å². The van der Waals surface area contributed by atoms with Crippen LogP contribution in [0.2, 0.25) is 0 Å². The molecule has 1 fully saturated rings. The monoisotopic (exact) mass is 431 g/mol. The maximum Gasteiger partial charge on any atom is 0.270 e. The Morgan fingerprint density at radius 3 is 2.72 bits per heavy atom. The van der Waals surface area contributed by atoms with Gasteiger partial charge < -0.3 is 9.32 Å². The third-order valence-electron chi connectivity index (χ3n) is 5.66. The van der Waals surface area contributed by atoms with Gasteiger partial charge in [-0.25, -0.2) is 9.37 Å². The van der Waals surface area contributed by atoms with Gasteiger partial charge >= 0.3 is 0 Å². The quantitative estimate of drug-likeness (QED) is 0.314. The number of hydrogen-bond donors (Lipinski definition) is 0. The molecule has 1 amide bonds. The van der Waals surface area contributed by atoms with E-state index < -0.39 is 4.92 Å². The molecular weight excluding hydrogens is 413 g/mol. The minimum Gasteiger partial charge on any atom is -0.438 e. The fourth-order valence-electron chi connectivity index (χ4n) is 4.12. The second kappa shape index (κ2) is 7.88. The van der Waals surface area contributed by atoms with Crippen molar-refractivity contribution in [1.82, 2.24) is 9.88 Å². The highest BCUT2D eigenvalue weighted by Gasteiger charge is 2.34. The number of aromatic nitrogens is 1. The smallest absolute Gasteiger partial charge is 0.270 e. The topological polar surface area (TPSA) is 89.5 Å². The van der Waals surface area contributed by atoms with Gasteiger partial charge in [-0.05, 0) is 54.3 Å². The molecule has 8 heteroatoms. The highest BCUT2D eigenvalue weighted by atomic mass is 19.1. The van der Waals surface area contributed by atoms with E-state index in [1.807, 2.05) is 18.2 Å². The minimum absolute atomic E-state index is 0.127. The van der Waals surface area contributed by atoms with Crippen molar-refractivity contribution in [2.24, 2.45) is 0 Å². The van der Waals surface area contributed by atoms with Gasteiger partial charge in [-0.1, -0.05) is 24.3 Å². The molecule has 1 aliphatic rings. The summed E-state index contributed by atoms with van der Waals surface area (Å²) in [5.74, 6) is -0.184. The summed E-state index contributed by atoms with van der Waals surface area (Å²) in [7, 11) is 0. The number of likely N-dealkylation sites (tertiary alicyclic amines) is 1. The van der Waals surface area contributed by atoms with Crippen molar-refractivity contribution in [2.45, 2.75) is 18.9 Å². The van der Waals surface area contributed by atoms with Crippen LogP contribution >= 0.6 is 0 Å². The number of nitrogens with zero attached hydrogens (tertiary/aromatic N) is 3. The summed E-state index contributed by atoms with van der Waals surface area (Å²) in [5.41, 5.74) is 2.88. The normalized spacial score (nSPS) is 15.9. The summed E-state index contributed by atoms with van der Waals surface area (Å²) in [6, 6.07) is 17.1. The Kier molecular flexibility index (Phi) is 4.89. The molecule has 0 radical (unpaired) electrons. The van der Waals surface area contributed by atoms with Crippen LogP contribution < -0.4 is 0 Å². The van der Waals surface area contributed by atoms with Crippen LogP contribution in [-0.2, 0) is 0 Å². The molecule has 2 heterocycles. The number of halogens is 1. The Morgan fingerprint density at radius 1 is 1.09 bits per heavy atom. The number of amides is 1. The zero-order chi connectivity index (χ0) is 22.2. The number of fused-ring (bicyclic) bond motifs is 1. The van der Waals surface area contributed by atoms with E-state index in [-0.39, 0.29) is 29.0 Å². The van der Waals surface area contributed by atoms with Gasteiger partial charge in [0, 0.05) is 24.2 Å². The fourth-order valence-corrected chi connectivity index (χ4v) is 4.12. The van der Waals surface area contributed by atoms with Crippen LogP contribution in [0.1, 0.15) is 35.1 Å². The number of nitro benzene ring substituents is 1. The zero-order valence-corrected chi connectivity index (χ0v) is 16.9. The van der Waals surface area contributed by atoms with E-state index >= 15 is 0 Å². The lowest BCUT2D eigenvalue weighted by molar-refractivity contribution is -0.384. The standard InChI is InChI=1S/C24H18FN3O4/c25-18-6-1-4-15(12-18)16-9-10-22-20(14-16)26-23(32-22)21-8-3-11-27(21)24(29)17-5-2-7-19(13-17)28(30)31/h1-2,4-7,9-10,12-14,21H,3,8,11H2/t21-/m1/s1. The Balaban J connectivity index is 1.45. The highest BCUT2D eigenvalue weighted by molar-refractivity contribution is 5.95. The lowest BCUT2D eigenvalue weighted by atomic mass is 10.1. The number of carbonyl (C=O) groups excluding carboxylic acids is 1. The van der Waals surface area contributed by atoms with Gasteiger partial charge in [-0.15, -0.1) is 0 Å². The molecule has 5 rings (SSSR count). The van der Waals surface area contributed by atoms with Crippen molar-refractivity contribution in [2.75, 3.05) is 6.54 Å². The maximum absolute atomic E-state index is 13.6. The maximum atomic E-state index is 13.6. The molecule has 1 aliphatic heterocycles. The molecule has 1 atom stereocenters. The molecule has 0 bridgehead atoms. The number of oxazole rings is 1. The SMILES string of the molecule is O=C(c1cccc([N+](=O)[O-])c1)N1CCC[C@@H]1c1nc2cc(-c3cccc(F)c3)ccc2o1. The summed E-state index contributed by atoms with van der Waals surface area (Å²) in [4.78, 5) is 29.9. The number of rotatable bonds is 4. The van der Waals surface area contributed by atoms with Gasteiger partial charge in [0.25, 0.3) is 11.6 Å².